The van der Waals surface area contributed by atoms with Crippen LogP contribution in [0.3, 0.4) is 0 Å². The van der Waals surface area contributed by atoms with Crippen LogP contribution in [-0.2, 0) is 14.9 Å². The number of rotatable bonds is 3. The van der Waals surface area contributed by atoms with E-state index in [0.717, 1.165) is 19.8 Å². The molecule has 1 atom stereocenters. The molecule has 31 heavy (non-hydrogen) atoms. The molecule has 2 amide bonds. The lowest BCUT2D eigenvalue weighted by atomic mass is 9.84. The normalized spacial score (nSPS) is 23.0. The number of nitrogens with zero attached hydrogens (tertiary/aromatic N) is 4. The Bertz CT molecular complexity index is 852. The van der Waals surface area contributed by atoms with Gasteiger partial charge >= 0.3 is 12.3 Å². The fourth-order valence-corrected chi connectivity index (χ4v) is 4.75. The molecule has 11 heteroatoms. The Balaban J connectivity index is 1.43. The number of hydrogen-bond donors (Lipinski definition) is 0. The van der Waals surface area contributed by atoms with Crippen LogP contribution >= 0.6 is 11.6 Å². The summed E-state index contributed by atoms with van der Waals surface area (Å²) in [5.41, 5.74) is -1.12. The van der Waals surface area contributed by atoms with E-state index in [-0.39, 0.29) is 19.0 Å². The summed E-state index contributed by atoms with van der Waals surface area (Å²) in [4.78, 5) is 37.4. The molecule has 1 saturated carbocycles. The molecule has 4 rings (SSSR count). The lowest BCUT2D eigenvalue weighted by Gasteiger charge is -2.45. The molecule has 2 saturated heterocycles. The molecule has 7 nitrogen and oxygen atoms in total. The summed E-state index contributed by atoms with van der Waals surface area (Å²) in [5.74, 6) is 0.472. The fourth-order valence-electron chi connectivity index (χ4n) is 4.65. The van der Waals surface area contributed by atoms with Crippen LogP contribution in [0.25, 0.3) is 0 Å². The fraction of sp³-hybridized carbons (Fsp3) is 0.700. The molecule has 0 radical (unpaired) electrons. The number of piperidine rings is 1. The molecule has 2 aliphatic heterocycles. The summed E-state index contributed by atoms with van der Waals surface area (Å²) in [6.07, 6.45) is -0.732. The zero-order chi connectivity index (χ0) is 22.4. The van der Waals surface area contributed by atoms with Gasteiger partial charge in [-0.05, 0) is 45.4 Å². The molecule has 3 aliphatic rings. The third kappa shape index (κ3) is 4.06. The van der Waals surface area contributed by atoms with E-state index >= 15 is 0 Å². The van der Waals surface area contributed by atoms with E-state index in [1.54, 1.807) is 0 Å². The minimum absolute atomic E-state index is 0.00552. The highest BCUT2D eigenvalue weighted by Crippen LogP contribution is 2.51. The Morgan fingerprint density at radius 1 is 1.10 bits per heavy atom. The lowest BCUT2D eigenvalue weighted by Crippen LogP contribution is -2.57. The van der Waals surface area contributed by atoms with Crippen molar-refractivity contribution in [3.05, 3.63) is 23.2 Å². The minimum atomic E-state index is -4.59. The minimum Gasteiger partial charge on any atom is -0.437 e. The first kappa shape index (κ1) is 22.1. The first-order chi connectivity index (χ1) is 14.6. The van der Waals surface area contributed by atoms with Crippen molar-refractivity contribution in [2.24, 2.45) is 0 Å². The van der Waals surface area contributed by atoms with Crippen molar-refractivity contribution >= 4 is 23.6 Å². The quantitative estimate of drug-likeness (QED) is 0.687. The zero-order valence-electron chi connectivity index (χ0n) is 17.1. The summed E-state index contributed by atoms with van der Waals surface area (Å²) in [6.45, 7) is 1.92. The first-order valence-electron chi connectivity index (χ1n) is 10.4. The number of amides is 2. The molecular weight excluding hydrogens is 437 g/mol. The number of hydrogen-bond acceptors (Lipinski definition) is 5. The molecule has 0 bridgehead atoms. The van der Waals surface area contributed by atoms with Gasteiger partial charge in [-0.2, -0.15) is 13.2 Å². The molecule has 3 heterocycles. The van der Waals surface area contributed by atoms with Crippen molar-refractivity contribution < 1.29 is 27.5 Å². The SMILES string of the molecule is CC(OC(=O)N1CCC2(CCCN2C(=O)C2(c3ncc(Cl)cn3)CC2)CC1)C(F)(F)F. The predicted octanol–water partition coefficient (Wildman–Crippen LogP) is 3.71. The number of halogens is 4. The third-order valence-electron chi connectivity index (χ3n) is 6.74. The average Bonchev–Trinajstić information content (AvgIpc) is 3.44. The lowest BCUT2D eigenvalue weighted by molar-refractivity contribution is -0.200. The summed E-state index contributed by atoms with van der Waals surface area (Å²) < 4.78 is 42.6. The van der Waals surface area contributed by atoms with Crippen molar-refractivity contribution in [1.82, 2.24) is 19.8 Å². The van der Waals surface area contributed by atoms with Gasteiger partial charge in [0, 0.05) is 37.6 Å². The molecule has 1 unspecified atom stereocenters. The Kier molecular flexibility index (Phi) is 5.56. The van der Waals surface area contributed by atoms with Crippen molar-refractivity contribution in [2.45, 2.75) is 68.7 Å². The maximum atomic E-state index is 13.5. The topological polar surface area (TPSA) is 75.6 Å². The van der Waals surface area contributed by atoms with Gasteiger partial charge in [-0.25, -0.2) is 14.8 Å². The van der Waals surface area contributed by atoms with Crippen LogP contribution in [0.4, 0.5) is 18.0 Å². The summed E-state index contributed by atoms with van der Waals surface area (Å²) in [7, 11) is 0. The van der Waals surface area contributed by atoms with Crippen LogP contribution < -0.4 is 0 Å². The molecule has 170 valence electrons. The molecule has 1 aromatic rings. The van der Waals surface area contributed by atoms with E-state index in [4.69, 9.17) is 11.6 Å². The number of carbonyl (C=O) groups excluding carboxylic acids is 2. The van der Waals surface area contributed by atoms with Crippen LogP contribution in [0.1, 0.15) is 51.3 Å². The Morgan fingerprint density at radius 3 is 2.26 bits per heavy atom. The van der Waals surface area contributed by atoms with Crippen molar-refractivity contribution in [3.63, 3.8) is 0 Å². The number of carbonyl (C=O) groups is 2. The summed E-state index contributed by atoms with van der Waals surface area (Å²) in [6, 6.07) is 0. The van der Waals surface area contributed by atoms with Crippen molar-refractivity contribution in [3.8, 4) is 0 Å². The summed E-state index contributed by atoms with van der Waals surface area (Å²) in [5, 5.41) is 0.406. The second-order valence-corrected chi connectivity index (χ2v) is 9.08. The van der Waals surface area contributed by atoms with E-state index in [0.29, 0.717) is 43.1 Å². The molecule has 0 N–H and O–H groups in total. The van der Waals surface area contributed by atoms with Gasteiger partial charge in [0.25, 0.3) is 0 Å². The Morgan fingerprint density at radius 2 is 1.71 bits per heavy atom. The van der Waals surface area contributed by atoms with E-state index in [1.807, 2.05) is 4.90 Å². The van der Waals surface area contributed by atoms with Gasteiger partial charge < -0.3 is 14.5 Å². The van der Waals surface area contributed by atoms with Crippen LogP contribution in [0.5, 0.6) is 0 Å². The van der Waals surface area contributed by atoms with E-state index in [1.165, 1.54) is 17.3 Å². The molecule has 1 aliphatic carbocycles. The third-order valence-corrected chi connectivity index (χ3v) is 6.94. The smallest absolute Gasteiger partial charge is 0.425 e. The number of ether oxygens (including phenoxy) is 1. The van der Waals surface area contributed by atoms with E-state index < -0.39 is 29.3 Å². The molecule has 1 spiro atoms. The maximum absolute atomic E-state index is 13.5. The van der Waals surface area contributed by atoms with E-state index in [2.05, 4.69) is 14.7 Å². The van der Waals surface area contributed by atoms with Crippen LogP contribution in [0.15, 0.2) is 12.4 Å². The van der Waals surface area contributed by atoms with Crippen LogP contribution in [0.2, 0.25) is 5.02 Å². The standard InChI is InChI=1S/C20H24ClF3N4O3/c1-13(20(22,23)24)31-17(30)27-9-6-18(7-10-27)3-2-8-28(18)16(29)19(4-5-19)15-25-11-14(21)12-26-15/h11-13H,2-10H2,1H3. The maximum Gasteiger partial charge on any atom is 0.425 e. The number of likely N-dealkylation sites (tertiary alicyclic amines) is 2. The summed E-state index contributed by atoms with van der Waals surface area (Å²) >= 11 is 5.88. The van der Waals surface area contributed by atoms with E-state index in [9.17, 15) is 22.8 Å². The van der Waals surface area contributed by atoms with Gasteiger partial charge in [-0.15, -0.1) is 0 Å². The predicted molar refractivity (Wildman–Crippen MR) is 104 cm³/mol. The molecule has 0 aromatic carbocycles. The zero-order valence-corrected chi connectivity index (χ0v) is 17.9. The van der Waals surface area contributed by atoms with Gasteiger partial charge in [0.1, 0.15) is 11.2 Å². The van der Waals surface area contributed by atoms with Gasteiger partial charge in [0.05, 0.1) is 5.02 Å². The second kappa shape index (κ2) is 7.79. The van der Waals surface area contributed by atoms with Crippen LogP contribution in [0, 0.1) is 0 Å². The highest BCUT2D eigenvalue weighted by Gasteiger charge is 2.59. The Hall–Kier alpha value is -2.10. The first-order valence-corrected chi connectivity index (χ1v) is 10.8. The highest BCUT2D eigenvalue weighted by molar-refractivity contribution is 6.30. The molecular formula is C20H24ClF3N4O3. The van der Waals surface area contributed by atoms with Crippen molar-refractivity contribution in [2.75, 3.05) is 19.6 Å². The van der Waals surface area contributed by atoms with Crippen molar-refractivity contribution in [1.29, 1.82) is 0 Å². The van der Waals surface area contributed by atoms with Gasteiger partial charge in [-0.3, -0.25) is 4.79 Å². The van der Waals surface area contributed by atoms with Crippen LogP contribution in [-0.4, -0.2) is 69.2 Å². The number of aromatic nitrogens is 2. The monoisotopic (exact) mass is 460 g/mol. The van der Waals surface area contributed by atoms with Gasteiger partial charge in [0.2, 0.25) is 5.91 Å². The van der Waals surface area contributed by atoms with Gasteiger partial charge in [-0.1, -0.05) is 11.6 Å². The largest absolute Gasteiger partial charge is 0.437 e. The molecule has 3 fully saturated rings. The van der Waals surface area contributed by atoms with Gasteiger partial charge in [0.15, 0.2) is 6.10 Å². The second-order valence-electron chi connectivity index (χ2n) is 8.65. The highest BCUT2D eigenvalue weighted by atomic mass is 35.5. The number of alkyl halides is 3. The molecule has 1 aromatic heterocycles. The Labute approximate surface area is 182 Å². The average molecular weight is 461 g/mol.